The molecule has 2 heterocycles. The Morgan fingerprint density at radius 2 is 1.74 bits per heavy atom. The number of nitrogens with one attached hydrogen (secondary N) is 1. The summed E-state index contributed by atoms with van der Waals surface area (Å²) in [5.74, 6) is 0. The van der Waals surface area contributed by atoms with Gasteiger partial charge < -0.3 is 0 Å². The molecule has 1 aromatic carbocycles. The summed E-state index contributed by atoms with van der Waals surface area (Å²) in [5.41, 5.74) is 2.77. The molecule has 0 radical (unpaired) electrons. The largest absolute Gasteiger partial charge is 0.265 e. The Hall–Kier alpha value is -2.51. The van der Waals surface area contributed by atoms with Crippen LogP contribution in [-0.2, 0) is 16.6 Å². The van der Waals surface area contributed by atoms with Gasteiger partial charge in [-0.3, -0.25) is 9.67 Å². The second-order valence-electron chi connectivity index (χ2n) is 6.78. The van der Waals surface area contributed by atoms with Crippen LogP contribution in [0.15, 0.2) is 65.8 Å². The predicted molar refractivity (Wildman–Crippen MR) is 103 cm³/mol. The van der Waals surface area contributed by atoms with Gasteiger partial charge in [0.05, 0.1) is 28.9 Å². The number of hydrogen-bond donors (Lipinski definition) is 1. The molecule has 2 aromatic heterocycles. The highest BCUT2D eigenvalue weighted by atomic mass is 32.2. The number of rotatable bonds is 6. The molecule has 0 unspecified atom stereocenters. The Bertz CT molecular complexity index is 995. The number of hydrogen-bond acceptors (Lipinski definition) is 4. The maximum Gasteiger partial charge on any atom is 0.240 e. The molecule has 1 fully saturated rings. The van der Waals surface area contributed by atoms with Crippen LogP contribution in [0.1, 0.15) is 37.4 Å². The molecule has 27 heavy (non-hydrogen) atoms. The fourth-order valence-electron chi connectivity index (χ4n) is 3.55. The molecule has 0 spiro atoms. The van der Waals surface area contributed by atoms with Crippen LogP contribution in [0.5, 0.6) is 0 Å². The maximum absolute atomic E-state index is 12.5. The summed E-state index contributed by atoms with van der Waals surface area (Å²) in [7, 11) is -3.55. The molecular weight excluding hydrogens is 360 g/mol. The predicted octanol–water partition coefficient (Wildman–Crippen LogP) is 3.54. The van der Waals surface area contributed by atoms with Gasteiger partial charge in [-0.25, -0.2) is 13.1 Å². The Balaban J connectivity index is 1.60. The third-order valence-corrected chi connectivity index (χ3v) is 6.35. The van der Waals surface area contributed by atoms with Crippen molar-refractivity contribution in [3.63, 3.8) is 0 Å². The van der Waals surface area contributed by atoms with E-state index in [0.29, 0.717) is 11.7 Å². The zero-order valence-electron chi connectivity index (χ0n) is 15.0. The standard InChI is InChI=1S/C20H22N4O2S/c25-27(26,19-8-2-1-3-9-19)22-15-17-14-20(16-10-12-21-13-11-16)24(23-17)18-6-4-5-7-18/h1-3,8-14,18,22H,4-7,15H2. The monoisotopic (exact) mass is 382 g/mol. The van der Waals surface area contributed by atoms with Gasteiger partial charge in [0, 0.05) is 18.0 Å². The Morgan fingerprint density at radius 3 is 2.44 bits per heavy atom. The summed E-state index contributed by atoms with van der Waals surface area (Å²) in [6.07, 6.45) is 8.15. The van der Waals surface area contributed by atoms with Crippen molar-refractivity contribution in [2.24, 2.45) is 0 Å². The minimum absolute atomic E-state index is 0.162. The fraction of sp³-hybridized carbons (Fsp3) is 0.300. The lowest BCUT2D eigenvalue weighted by Crippen LogP contribution is -2.23. The van der Waals surface area contributed by atoms with E-state index in [-0.39, 0.29) is 11.4 Å². The number of sulfonamides is 1. The highest BCUT2D eigenvalue weighted by molar-refractivity contribution is 7.89. The molecule has 0 saturated heterocycles. The van der Waals surface area contributed by atoms with Gasteiger partial charge in [0.1, 0.15) is 0 Å². The van der Waals surface area contributed by atoms with E-state index >= 15 is 0 Å². The highest BCUT2D eigenvalue weighted by Crippen LogP contribution is 2.33. The van der Waals surface area contributed by atoms with E-state index in [0.717, 1.165) is 24.1 Å². The number of benzene rings is 1. The van der Waals surface area contributed by atoms with Gasteiger partial charge in [-0.05, 0) is 43.2 Å². The van der Waals surface area contributed by atoms with Crippen molar-refractivity contribution in [3.8, 4) is 11.3 Å². The van der Waals surface area contributed by atoms with Crippen LogP contribution < -0.4 is 4.72 Å². The summed E-state index contributed by atoms with van der Waals surface area (Å²) < 4.78 is 29.7. The maximum atomic E-state index is 12.5. The van der Waals surface area contributed by atoms with E-state index in [2.05, 4.69) is 14.4 Å². The third kappa shape index (κ3) is 3.94. The van der Waals surface area contributed by atoms with E-state index in [1.807, 2.05) is 18.2 Å². The quantitative estimate of drug-likeness (QED) is 0.707. The van der Waals surface area contributed by atoms with Crippen molar-refractivity contribution in [1.29, 1.82) is 0 Å². The van der Waals surface area contributed by atoms with E-state index in [1.54, 1.807) is 42.7 Å². The summed E-state index contributed by atoms with van der Waals surface area (Å²) >= 11 is 0. The Labute approximate surface area is 159 Å². The molecular formula is C20H22N4O2S. The van der Waals surface area contributed by atoms with Gasteiger partial charge in [-0.2, -0.15) is 5.10 Å². The molecule has 1 N–H and O–H groups in total. The second kappa shape index (κ2) is 7.62. The lowest BCUT2D eigenvalue weighted by molar-refractivity contribution is 0.467. The summed E-state index contributed by atoms with van der Waals surface area (Å²) in [4.78, 5) is 4.34. The molecule has 0 bridgehead atoms. The third-order valence-electron chi connectivity index (χ3n) is 4.93. The Morgan fingerprint density at radius 1 is 1.04 bits per heavy atom. The van der Waals surface area contributed by atoms with Gasteiger partial charge in [0.2, 0.25) is 10.0 Å². The van der Waals surface area contributed by atoms with Gasteiger partial charge in [-0.15, -0.1) is 0 Å². The number of pyridine rings is 1. The lowest BCUT2D eigenvalue weighted by atomic mass is 10.1. The van der Waals surface area contributed by atoms with Crippen LogP contribution in [0, 0.1) is 0 Å². The van der Waals surface area contributed by atoms with Crippen LogP contribution in [0.3, 0.4) is 0 Å². The van der Waals surface area contributed by atoms with E-state index < -0.39 is 10.0 Å². The summed E-state index contributed by atoms with van der Waals surface area (Å²) in [6.45, 7) is 0.162. The van der Waals surface area contributed by atoms with E-state index in [1.165, 1.54) is 12.8 Å². The molecule has 1 aliphatic rings. The van der Waals surface area contributed by atoms with Crippen molar-refractivity contribution in [1.82, 2.24) is 19.5 Å². The molecule has 7 heteroatoms. The first kappa shape index (κ1) is 17.9. The van der Waals surface area contributed by atoms with Gasteiger partial charge in [-0.1, -0.05) is 31.0 Å². The first-order valence-electron chi connectivity index (χ1n) is 9.17. The van der Waals surface area contributed by atoms with Gasteiger partial charge in [0.15, 0.2) is 0 Å². The average molecular weight is 382 g/mol. The van der Waals surface area contributed by atoms with E-state index in [4.69, 9.17) is 5.10 Å². The van der Waals surface area contributed by atoms with Crippen LogP contribution in [0.25, 0.3) is 11.3 Å². The van der Waals surface area contributed by atoms with Crippen molar-refractivity contribution >= 4 is 10.0 Å². The molecule has 0 atom stereocenters. The number of nitrogens with zero attached hydrogens (tertiary/aromatic N) is 3. The Kier molecular flexibility index (Phi) is 5.05. The van der Waals surface area contributed by atoms with Gasteiger partial charge in [0.25, 0.3) is 0 Å². The molecule has 1 saturated carbocycles. The van der Waals surface area contributed by atoms with Crippen LogP contribution in [0.2, 0.25) is 0 Å². The summed E-state index contributed by atoms with van der Waals surface area (Å²) in [5, 5.41) is 4.73. The summed E-state index contributed by atoms with van der Waals surface area (Å²) in [6, 6.07) is 14.7. The topological polar surface area (TPSA) is 76.9 Å². The zero-order valence-corrected chi connectivity index (χ0v) is 15.8. The van der Waals surface area contributed by atoms with E-state index in [9.17, 15) is 8.42 Å². The van der Waals surface area contributed by atoms with Crippen LogP contribution >= 0.6 is 0 Å². The molecule has 1 aliphatic carbocycles. The molecule has 4 rings (SSSR count). The minimum Gasteiger partial charge on any atom is -0.265 e. The fourth-order valence-corrected chi connectivity index (χ4v) is 4.57. The smallest absolute Gasteiger partial charge is 0.240 e. The molecule has 140 valence electrons. The molecule has 0 amide bonds. The van der Waals surface area contributed by atoms with Gasteiger partial charge >= 0.3 is 0 Å². The van der Waals surface area contributed by atoms with Crippen LogP contribution in [0.4, 0.5) is 0 Å². The zero-order chi connectivity index (χ0) is 18.7. The first-order valence-corrected chi connectivity index (χ1v) is 10.7. The highest BCUT2D eigenvalue weighted by Gasteiger charge is 2.22. The minimum atomic E-state index is -3.55. The molecule has 6 nitrogen and oxygen atoms in total. The van der Waals surface area contributed by atoms with Crippen molar-refractivity contribution in [3.05, 3.63) is 66.6 Å². The average Bonchev–Trinajstić information content (AvgIpc) is 3.37. The van der Waals surface area contributed by atoms with Crippen molar-refractivity contribution in [2.45, 2.75) is 43.2 Å². The number of aromatic nitrogens is 3. The lowest BCUT2D eigenvalue weighted by Gasteiger charge is -2.14. The SMILES string of the molecule is O=S(=O)(NCc1cc(-c2ccncc2)n(C2CCCC2)n1)c1ccccc1. The molecule has 3 aromatic rings. The van der Waals surface area contributed by atoms with Crippen LogP contribution in [-0.4, -0.2) is 23.2 Å². The first-order chi connectivity index (χ1) is 13.1. The second-order valence-corrected chi connectivity index (χ2v) is 8.54. The molecule has 0 aliphatic heterocycles. The van der Waals surface area contributed by atoms with Crippen molar-refractivity contribution in [2.75, 3.05) is 0 Å². The normalized spacial score (nSPS) is 15.3. The van der Waals surface area contributed by atoms with Crippen molar-refractivity contribution < 1.29 is 8.42 Å².